The van der Waals surface area contributed by atoms with Crippen LogP contribution in [0, 0.1) is 0 Å². The summed E-state index contributed by atoms with van der Waals surface area (Å²) >= 11 is 0. The van der Waals surface area contributed by atoms with E-state index in [9.17, 15) is 0 Å². The molecule has 0 spiro atoms. The van der Waals surface area contributed by atoms with Gasteiger partial charge in [-0.25, -0.2) is 4.98 Å². The molecule has 3 heteroatoms. The van der Waals surface area contributed by atoms with Crippen molar-refractivity contribution < 1.29 is 8.83 Å². The molecule has 0 fully saturated rings. The topological polar surface area (TPSA) is 39.2 Å². The van der Waals surface area contributed by atoms with Gasteiger partial charge in [0.15, 0.2) is 12.0 Å². The third-order valence-electron chi connectivity index (χ3n) is 6.56. The molecule has 0 amide bonds. The van der Waals surface area contributed by atoms with Crippen LogP contribution in [0.3, 0.4) is 0 Å². The monoisotopic (exact) mass is 467 g/mol. The highest BCUT2D eigenvalue weighted by Gasteiger charge is 2.11. The number of hydrogen-bond donors (Lipinski definition) is 0. The van der Waals surface area contributed by atoms with Gasteiger partial charge < -0.3 is 8.83 Å². The Hall–Kier alpha value is -4.63. The minimum absolute atomic E-state index is 0.874. The van der Waals surface area contributed by atoms with Gasteiger partial charge in [-0.05, 0) is 33.0 Å². The SMILES string of the molecule is CC.c1ccc2c(c1)c1ccccc1c1occc21.c1ccc2c(c1)c1ccccc1c1ocnc21. The van der Waals surface area contributed by atoms with Crippen LogP contribution in [0.2, 0.25) is 0 Å². The van der Waals surface area contributed by atoms with Crippen LogP contribution >= 0.6 is 0 Å². The Morgan fingerprint density at radius 3 is 1.36 bits per heavy atom. The molecule has 0 aliphatic heterocycles. The first-order valence-corrected chi connectivity index (χ1v) is 12.3. The highest BCUT2D eigenvalue weighted by atomic mass is 16.3. The summed E-state index contributed by atoms with van der Waals surface area (Å²) in [4.78, 5) is 4.33. The first-order valence-electron chi connectivity index (χ1n) is 12.3. The second-order valence-electron chi connectivity index (χ2n) is 8.38. The number of hydrogen-bond acceptors (Lipinski definition) is 3. The van der Waals surface area contributed by atoms with Crippen molar-refractivity contribution in [2.75, 3.05) is 0 Å². The van der Waals surface area contributed by atoms with E-state index in [0.29, 0.717) is 0 Å². The van der Waals surface area contributed by atoms with Gasteiger partial charge in [-0.15, -0.1) is 0 Å². The van der Waals surface area contributed by atoms with Gasteiger partial charge in [0.25, 0.3) is 0 Å². The van der Waals surface area contributed by atoms with Gasteiger partial charge in [-0.2, -0.15) is 0 Å². The predicted octanol–water partition coefficient (Wildman–Crippen LogP) is 9.90. The lowest BCUT2D eigenvalue weighted by Crippen LogP contribution is -1.80. The van der Waals surface area contributed by atoms with Crippen molar-refractivity contribution in [2.45, 2.75) is 13.8 Å². The van der Waals surface area contributed by atoms with E-state index < -0.39 is 0 Å². The van der Waals surface area contributed by atoms with Crippen LogP contribution in [0.25, 0.3) is 65.2 Å². The van der Waals surface area contributed by atoms with Crippen molar-refractivity contribution in [3.8, 4) is 0 Å². The van der Waals surface area contributed by atoms with Crippen LogP contribution in [0.5, 0.6) is 0 Å². The van der Waals surface area contributed by atoms with Gasteiger partial charge in [0.05, 0.1) is 6.26 Å². The van der Waals surface area contributed by atoms with Crippen molar-refractivity contribution in [1.29, 1.82) is 0 Å². The van der Waals surface area contributed by atoms with Crippen LogP contribution in [0.1, 0.15) is 13.8 Å². The fraction of sp³-hybridized carbons (Fsp3) is 0.0606. The van der Waals surface area contributed by atoms with Crippen molar-refractivity contribution in [3.05, 3.63) is 116 Å². The molecule has 3 nitrogen and oxygen atoms in total. The minimum Gasteiger partial charge on any atom is -0.464 e. The first-order chi connectivity index (χ1) is 17.9. The second-order valence-corrected chi connectivity index (χ2v) is 8.38. The van der Waals surface area contributed by atoms with Gasteiger partial charge >= 0.3 is 0 Å². The Kier molecular flexibility index (Phi) is 5.59. The molecule has 2 aromatic heterocycles. The normalized spacial score (nSPS) is 11.1. The molecule has 2 heterocycles. The third-order valence-corrected chi connectivity index (χ3v) is 6.56. The summed E-state index contributed by atoms with van der Waals surface area (Å²) in [5.74, 6) is 0. The third kappa shape index (κ3) is 3.40. The van der Waals surface area contributed by atoms with Crippen LogP contribution in [0.4, 0.5) is 0 Å². The molecule has 0 atom stereocenters. The zero-order valence-electron chi connectivity index (χ0n) is 20.2. The fourth-order valence-electron chi connectivity index (χ4n) is 5.07. The van der Waals surface area contributed by atoms with E-state index in [1.807, 2.05) is 32.0 Å². The number of aromatic nitrogens is 1. The van der Waals surface area contributed by atoms with Crippen molar-refractivity contribution >= 4 is 65.2 Å². The molecule has 0 bridgehead atoms. The molecule has 0 N–H and O–H groups in total. The van der Waals surface area contributed by atoms with E-state index in [4.69, 9.17) is 8.83 Å². The quantitative estimate of drug-likeness (QED) is 0.208. The molecular formula is C33H25NO2. The molecular weight excluding hydrogens is 442 g/mol. The molecule has 0 radical (unpaired) electrons. The van der Waals surface area contributed by atoms with Crippen LogP contribution < -0.4 is 0 Å². The number of benzene rings is 6. The fourth-order valence-corrected chi connectivity index (χ4v) is 5.07. The molecule has 0 aliphatic carbocycles. The smallest absolute Gasteiger partial charge is 0.182 e. The first kappa shape index (κ1) is 21.9. The van der Waals surface area contributed by atoms with E-state index in [0.717, 1.165) is 27.5 Å². The van der Waals surface area contributed by atoms with E-state index in [2.05, 4.69) is 89.9 Å². The number of fused-ring (bicyclic) bond motifs is 12. The van der Waals surface area contributed by atoms with E-state index in [1.165, 1.54) is 44.1 Å². The highest BCUT2D eigenvalue weighted by Crippen LogP contribution is 2.35. The summed E-state index contributed by atoms with van der Waals surface area (Å²) in [5.41, 5.74) is 2.80. The van der Waals surface area contributed by atoms with Crippen LogP contribution in [-0.2, 0) is 0 Å². The summed E-state index contributed by atoms with van der Waals surface area (Å²) in [5, 5.41) is 10.9. The number of nitrogens with zero attached hydrogens (tertiary/aromatic N) is 1. The average molecular weight is 468 g/mol. The molecule has 174 valence electrons. The molecule has 0 saturated carbocycles. The standard InChI is InChI=1S/C16H10O.C15H9NO.C2H6/c1-2-7-13-11(5-1)12-6-3-4-8-14(12)16-15(13)9-10-17-16;1-3-7-12-10(5-1)11-6-2-4-8-13(11)15-14(12)16-9-17-15;1-2/h1-10H;1-9H;1-2H3. The maximum absolute atomic E-state index is 5.64. The average Bonchev–Trinajstić information content (AvgIpc) is 3.66. The lowest BCUT2D eigenvalue weighted by atomic mass is 9.99. The van der Waals surface area contributed by atoms with Crippen molar-refractivity contribution in [2.24, 2.45) is 0 Å². The molecule has 0 saturated heterocycles. The second kappa shape index (κ2) is 9.20. The van der Waals surface area contributed by atoms with Gasteiger partial charge in [0.1, 0.15) is 11.1 Å². The van der Waals surface area contributed by atoms with Crippen molar-refractivity contribution in [3.63, 3.8) is 0 Å². The zero-order chi connectivity index (χ0) is 24.5. The summed E-state index contributed by atoms with van der Waals surface area (Å²) in [6, 6.07) is 35.5. The van der Waals surface area contributed by atoms with E-state index in [-0.39, 0.29) is 0 Å². The summed E-state index contributed by atoms with van der Waals surface area (Å²) < 4.78 is 11.2. The van der Waals surface area contributed by atoms with Gasteiger partial charge in [-0.1, -0.05) is 111 Å². The number of furan rings is 1. The molecule has 36 heavy (non-hydrogen) atoms. The van der Waals surface area contributed by atoms with Crippen LogP contribution in [0.15, 0.2) is 125 Å². The number of oxazole rings is 1. The Balaban J connectivity index is 0.000000125. The van der Waals surface area contributed by atoms with Crippen LogP contribution in [-0.4, -0.2) is 4.98 Å². The van der Waals surface area contributed by atoms with Gasteiger partial charge in [-0.3, -0.25) is 0 Å². The number of rotatable bonds is 0. The summed E-state index contributed by atoms with van der Waals surface area (Å²) in [6.45, 7) is 4.00. The molecule has 8 aromatic rings. The Morgan fingerprint density at radius 2 is 0.806 bits per heavy atom. The lowest BCUT2D eigenvalue weighted by Gasteiger charge is -2.05. The Bertz CT molecular complexity index is 1690. The van der Waals surface area contributed by atoms with E-state index >= 15 is 0 Å². The Labute approximate surface area is 208 Å². The minimum atomic E-state index is 0.874. The maximum Gasteiger partial charge on any atom is 0.182 e. The molecule has 0 unspecified atom stereocenters. The maximum atomic E-state index is 5.64. The zero-order valence-corrected chi connectivity index (χ0v) is 20.2. The molecule has 0 aliphatic rings. The predicted molar refractivity (Wildman–Crippen MR) is 152 cm³/mol. The largest absolute Gasteiger partial charge is 0.464 e. The highest BCUT2D eigenvalue weighted by molar-refractivity contribution is 6.24. The van der Waals surface area contributed by atoms with Gasteiger partial charge in [0, 0.05) is 21.5 Å². The summed E-state index contributed by atoms with van der Waals surface area (Å²) in [7, 11) is 0. The summed E-state index contributed by atoms with van der Waals surface area (Å²) in [6.07, 6.45) is 3.28. The van der Waals surface area contributed by atoms with E-state index in [1.54, 1.807) is 6.26 Å². The molecule has 8 rings (SSSR count). The Morgan fingerprint density at radius 1 is 0.417 bits per heavy atom. The molecule has 6 aromatic carbocycles. The van der Waals surface area contributed by atoms with Crippen molar-refractivity contribution in [1.82, 2.24) is 4.98 Å². The van der Waals surface area contributed by atoms with Gasteiger partial charge in [0.2, 0.25) is 0 Å². The lowest BCUT2D eigenvalue weighted by molar-refractivity contribution is 0.605.